The Morgan fingerprint density at radius 3 is 2.81 bits per heavy atom. The normalized spacial score (nSPS) is 24.8. The van der Waals surface area contributed by atoms with Crippen molar-refractivity contribution < 1.29 is 18.7 Å². The summed E-state index contributed by atoms with van der Waals surface area (Å²) in [6.45, 7) is 1.23. The first-order valence-corrected chi connectivity index (χ1v) is 8.70. The monoisotopic (exact) mass is 400 g/mol. The van der Waals surface area contributed by atoms with E-state index in [0.717, 1.165) is 6.07 Å². The Hall–Kier alpha value is -1.76. The van der Waals surface area contributed by atoms with Gasteiger partial charge >= 0.3 is 0 Å². The SMILES string of the molecule is CC1(O)CCC(F)(C(=O)NCc2c(F)cc(Cl)cc2Cl)c2cccnc21. The first-order chi connectivity index (χ1) is 12.1. The Kier molecular flexibility index (Phi) is 4.94. The molecule has 8 heteroatoms. The summed E-state index contributed by atoms with van der Waals surface area (Å²) in [7, 11) is 0. The third-order valence-corrected chi connectivity index (χ3v) is 5.15. The van der Waals surface area contributed by atoms with E-state index in [0.29, 0.717) is 0 Å². The van der Waals surface area contributed by atoms with Gasteiger partial charge in [-0.05, 0) is 38.0 Å². The predicted octanol–water partition coefficient (Wildman–Crippen LogP) is 4.01. The topological polar surface area (TPSA) is 62.2 Å². The summed E-state index contributed by atoms with van der Waals surface area (Å²) >= 11 is 11.7. The van der Waals surface area contributed by atoms with Crippen LogP contribution in [0.3, 0.4) is 0 Å². The second kappa shape index (κ2) is 6.76. The summed E-state index contributed by atoms with van der Waals surface area (Å²) in [5.74, 6) is -1.63. The molecular weight excluding hydrogens is 385 g/mol. The maximum absolute atomic E-state index is 15.6. The van der Waals surface area contributed by atoms with Crippen molar-refractivity contribution in [3.8, 4) is 0 Å². The number of carbonyl (C=O) groups is 1. The second-order valence-electron chi connectivity index (χ2n) is 6.51. The van der Waals surface area contributed by atoms with Crippen molar-refractivity contribution in [1.29, 1.82) is 0 Å². The van der Waals surface area contributed by atoms with Crippen LogP contribution in [0.1, 0.15) is 36.6 Å². The number of benzene rings is 1. The van der Waals surface area contributed by atoms with Crippen LogP contribution in [-0.4, -0.2) is 16.0 Å². The smallest absolute Gasteiger partial charge is 0.262 e. The number of halogens is 4. The van der Waals surface area contributed by atoms with Gasteiger partial charge in [-0.2, -0.15) is 0 Å². The molecule has 2 N–H and O–H groups in total. The van der Waals surface area contributed by atoms with Gasteiger partial charge in [0.05, 0.1) is 5.69 Å². The molecule has 0 saturated heterocycles. The number of hydrogen-bond acceptors (Lipinski definition) is 3. The number of alkyl halides is 1. The maximum Gasteiger partial charge on any atom is 0.262 e. The fraction of sp³-hybridized carbons (Fsp3) is 0.333. The van der Waals surface area contributed by atoms with E-state index in [9.17, 15) is 14.3 Å². The van der Waals surface area contributed by atoms with Crippen LogP contribution in [0.4, 0.5) is 8.78 Å². The second-order valence-corrected chi connectivity index (χ2v) is 7.35. The van der Waals surface area contributed by atoms with Crippen molar-refractivity contribution in [2.75, 3.05) is 0 Å². The summed E-state index contributed by atoms with van der Waals surface area (Å²) in [5, 5.41) is 13.0. The third-order valence-electron chi connectivity index (χ3n) is 4.59. The molecule has 1 heterocycles. The van der Waals surface area contributed by atoms with Gasteiger partial charge in [-0.1, -0.05) is 29.3 Å². The average Bonchev–Trinajstić information content (AvgIpc) is 2.58. The Balaban J connectivity index is 1.87. The number of amides is 1. The fourth-order valence-corrected chi connectivity index (χ4v) is 3.64. The summed E-state index contributed by atoms with van der Waals surface area (Å²) in [6, 6.07) is 5.33. The molecule has 4 nitrogen and oxygen atoms in total. The van der Waals surface area contributed by atoms with Crippen molar-refractivity contribution >= 4 is 29.1 Å². The molecular formula is C18H16Cl2F2N2O2. The average molecular weight is 401 g/mol. The van der Waals surface area contributed by atoms with Gasteiger partial charge in [-0.15, -0.1) is 0 Å². The molecule has 0 aliphatic heterocycles. The van der Waals surface area contributed by atoms with Crippen LogP contribution in [-0.2, 0) is 22.6 Å². The molecule has 2 atom stereocenters. The number of fused-ring (bicyclic) bond motifs is 1. The van der Waals surface area contributed by atoms with Gasteiger partial charge in [0.2, 0.25) is 5.67 Å². The van der Waals surface area contributed by atoms with Crippen LogP contribution in [0.5, 0.6) is 0 Å². The lowest BCUT2D eigenvalue weighted by atomic mass is 9.75. The molecule has 26 heavy (non-hydrogen) atoms. The molecule has 2 aromatic rings. The maximum atomic E-state index is 15.6. The van der Waals surface area contributed by atoms with Gasteiger partial charge in [0.1, 0.15) is 11.4 Å². The van der Waals surface area contributed by atoms with Gasteiger partial charge in [0.25, 0.3) is 5.91 Å². The highest BCUT2D eigenvalue weighted by Gasteiger charge is 2.50. The molecule has 1 aliphatic rings. The first kappa shape index (κ1) is 19.0. The van der Waals surface area contributed by atoms with Crippen molar-refractivity contribution in [3.63, 3.8) is 0 Å². The van der Waals surface area contributed by atoms with Crippen LogP contribution >= 0.6 is 23.2 Å². The molecule has 2 unspecified atom stereocenters. The standard InChI is InChI=1S/C18H16Cl2F2N2O2/c1-17(26)4-5-18(22,12-3-2-6-23-15(12)17)16(25)24-9-11-13(20)7-10(19)8-14(11)21/h2-3,6-8,26H,4-5,9H2,1H3,(H,24,25). The van der Waals surface area contributed by atoms with E-state index < -0.39 is 23.0 Å². The molecule has 0 radical (unpaired) electrons. The molecule has 1 aliphatic carbocycles. The number of hydrogen-bond donors (Lipinski definition) is 2. The molecule has 0 saturated carbocycles. The molecule has 3 rings (SSSR count). The van der Waals surface area contributed by atoms with Gasteiger partial charge < -0.3 is 10.4 Å². The fourth-order valence-electron chi connectivity index (χ4n) is 3.11. The number of nitrogens with zero attached hydrogens (tertiary/aromatic N) is 1. The summed E-state index contributed by atoms with van der Waals surface area (Å²) in [4.78, 5) is 16.6. The quantitative estimate of drug-likeness (QED) is 0.817. The largest absolute Gasteiger partial charge is 0.384 e. The van der Waals surface area contributed by atoms with E-state index in [1.165, 1.54) is 31.3 Å². The van der Waals surface area contributed by atoms with E-state index in [2.05, 4.69) is 10.3 Å². The summed E-state index contributed by atoms with van der Waals surface area (Å²) in [5.41, 5.74) is -3.54. The Morgan fingerprint density at radius 2 is 2.12 bits per heavy atom. The van der Waals surface area contributed by atoms with Crippen molar-refractivity contribution in [3.05, 3.63) is 63.1 Å². The highest BCUT2D eigenvalue weighted by atomic mass is 35.5. The van der Waals surface area contributed by atoms with Crippen molar-refractivity contribution in [2.45, 2.75) is 37.6 Å². The van der Waals surface area contributed by atoms with E-state index in [1.54, 1.807) is 0 Å². The Morgan fingerprint density at radius 1 is 1.38 bits per heavy atom. The van der Waals surface area contributed by atoms with Crippen molar-refractivity contribution in [2.24, 2.45) is 0 Å². The zero-order chi connectivity index (χ0) is 19.1. The van der Waals surface area contributed by atoms with E-state index in [4.69, 9.17) is 23.2 Å². The minimum Gasteiger partial charge on any atom is -0.384 e. The molecule has 1 aromatic carbocycles. The highest BCUT2D eigenvalue weighted by molar-refractivity contribution is 6.35. The zero-order valence-electron chi connectivity index (χ0n) is 13.8. The van der Waals surface area contributed by atoms with E-state index >= 15 is 4.39 Å². The van der Waals surface area contributed by atoms with Crippen molar-refractivity contribution in [1.82, 2.24) is 10.3 Å². The number of carbonyl (C=O) groups excluding carboxylic acids is 1. The highest BCUT2D eigenvalue weighted by Crippen LogP contribution is 2.45. The van der Waals surface area contributed by atoms with Crippen LogP contribution in [0.15, 0.2) is 30.5 Å². The molecule has 1 amide bonds. The molecule has 0 fully saturated rings. The predicted molar refractivity (Wildman–Crippen MR) is 94.1 cm³/mol. The van der Waals surface area contributed by atoms with Gasteiger partial charge in [-0.25, -0.2) is 8.78 Å². The number of rotatable bonds is 3. The molecule has 1 aromatic heterocycles. The third kappa shape index (κ3) is 3.29. The number of pyridine rings is 1. The van der Waals surface area contributed by atoms with Crippen LogP contribution in [0.2, 0.25) is 10.0 Å². The van der Waals surface area contributed by atoms with Gasteiger partial charge in [0, 0.05) is 33.9 Å². The number of aliphatic hydroxyl groups is 1. The van der Waals surface area contributed by atoms with Crippen LogP contribution in [0.25, 0.3) is 0 Å². The summed E-state index contributed by atoms with van der Waals surface area (Å²) in [6.07, 6.45) is 1.23. The van der Waals surface area contributed by atoms with E-state index in [1.807, 2.05) is 0 Å². The van der Waals surface area contributed by atoms with Gasteiger partial charge in [0.15, 0.2) is 0 Å². The van der Waals surface area contributed by atoms with E-state index in [-0.39, 0.29) is 46.3 Å². The lowest BCUT2D eigenvalue weighted by Gasteiger charge is -2.37. The lowest BCUT2D eigenvalue weighted by molar-refractivity contribution is -0.136. The van der Waals surface area contributed by atoms with Crippen LogP contribution < -0.4 is 5.32 Å². The zero-order valence-corrected chi connectivity index (χ0v) is 15.3. The molecule has 0 bridgehead atoms. The Bertz CT molecular complexity index is 853. The lowest BCUT2D eigenvalue weighted by Crippen LogP contribution is -2.47. The first-order valence-electron chi connectivity index (χ1n) is 7.94. The minimum atomic E-state index is -2.37. The molecule has 138 valence electrons. The number of nitrogens with one attached hydrogen (secondary N) is 1. The van der Waals surface area contributed by atoms with Gasteiger partial charge in [-0.3, -0.25) is 9.78 Å². The minimum absolute atomic E-state index is 0.0106. The van der Waals surface area contributed by atoms with Crippen LogP contribution in [0, 0.1) is 5.82 Å². The number of aromatic nitrogens is 1. The molecule has 0 spiro atoms. The Labute approximate surface area is 159 Å². The summed E-state index contributed by atoms with van der Waals surface area (Å²) < 4.78 is 29.5.